The second-order valence-electron chi connectivity index (χ2n) is 7.07. The zero-order valence-electron chi connectivity index (χ0n) is 14.5. The summed E-state index contributed by atoms with van der Waals surface area (Å²) in [5.74, 6) is -0.867. The van der Waals surface area contributed by atoms with Crippen molar-refractivity contribution in [2.24, 2.45) is 5.92 Å². The zero-order valence-corrected chi connectivity index (χ0v) is 16.0. The van der Waals surface area contributed by atoms with Crippen LogP contribution in [0.5, 0.6) is 0 Å². The molecule has 2 amide bonds. The third-order valence-corrected chi connectivity index (χ3v) is 6.23. The zero-order chi connectivity index (χ0) is 18.1. The molecular formula is C21H21BrN2O2. The average Bonchev–Trinajstić information content (AvgIpc) is 3.01. The van der Waals surface area contributed by atoms with Gasteiger partial charge in [-0.25, -0.2) is 0 Å². The highest BCUT2D eigenvalue weighted by Crippen LogP contribution is 2.42. The van der Waals surface area contributed by atoms with Crippen LogP contribution < -0.4 is 10.2 Å². The molecule has 4 nitrogen and oxygen atoms in total. The molecule has 1 atom stereocenters. The molecule has 1 saturated carbocycles. The Morgan fingerprint density at radius 3 is 2.42 bits per heavy atom. The minimum atomic E-state index is -0.608. The van der Waals surface area contributed by atoms with Crippen molar-refractivity contribution in [2.45, 2.75) is 31.2 Å². The number of anilines is 1. The van der Waals surface area contributed by atoms with Gasteiger partial charge < -0.3 is 10.2 Å². The summed E-state index contributed by atoms with van der Waals surface area (Å²) in [5, 5.41) is 3.21. The molecule has 0 spiro atoms. The highest BCUT2D eigenvalue weighted by Gasteiger charge is 2.44. The highest BCUT2D eigenvalue weighted by atomic mass is 79.9. The van der Waals surface area contributed by atoms with E-state index in [0.717, 1.165) is 35.0 Å². The van der Waals surface area contributed by atoms with Gasteiger partial charge in [0.2, 0.25) is 11.8 Å². The maximum absolute atomic E-state index is 12.9. The van der Waals surface area contributed by atoms with E-state index in [-0.39, 0.29) is 17.4 Å². The number of nitrogens with zero attached hydrogens (tertiary/aromatic N) is 1. The minimum Gasteiger partial charge on any atom is -0.346 e. The first-order valence-corrected chi connectivity index (χ1v) is 9.83. The van der Waals surface area contributed by atoms with Gasteiger partial charge in [-0.2, -0.15) is 0 Å². The third kappa shape index (κ3) is 2.94. The number of amides is 2. The van der Waals surface area contributed by atoms with E-state index < -0.39 is 5.92 Å². The number of carbonyl (C=O) groups excluding carboxylic acids is 2. The fraction of sp³-hybridized carbons (Fsp3) is 0.333. The van der Waals surface area contributed by atoms with E-state index in [0.29, 0.717) is 13.0 Å². The number of halogens is 1. The van der Waals surface area contributed by atoms with Gasteiger partial charge >= 0.3 is 0 Å². The van der Waals surface area contributed by atoms with Gasteiger partial charge in [0.05, 0.1) is 11.2 Å². The first-order chi connectivity index (χ1) is 12.6. The molecule has 134 valence electrons. The Kier molecular flexibility index (Phi) is 4.57. The topological polar surface area (TPSA) is 49.4 Å². The van der Waals surface area contributed by atoms with E-state index in [1.165, 1.54) is 0 Å². The van der Waals surface area contributed by atoms with E-state index in [1.54, 1.807) is 4.90 Å². The second kappa shape index (κ2) is 6.88. The number of nitrogens with one attached hydrogen (secondary N) is 1. The molecule has 1 aliphatic heterocycles. The molecule has 2 aromatic carbocycles. The summed E-state index contributed by atoms with van der Waals surface area (Å²) in [6.07, 6.45) is 3.50. The summed E-state index contributed by atoms with van der Waals surface area (Å²) in [6.45, 7) is 0.567. The molecule has 2 fully saturated rings. The van der Waals surface area contributed by atoms with Gasteiger partial charge in [0.25, 0.3) is 0 Å². The van der Waals surface area contributed by atoms with Gasteiger partial charge in [-0.3, -0.25) is 9.59 Å². The van der Waals surface area contributed by atoms with Crippen LogP contribution in [0.25, 0.3) is 0 Å². The van der Waals surface area contributed by atoms with Gasteiger partial charge in [-0.15, -0.1) is 0 Å². The van der Waals surface area contributed by atoms with Crippen molar-refractivity contribution in [3.8, 4) is 0 Å². The third-order valence-electron chi connectivity index (χ3n) is 5.56. The summed E-state index contributed by atoms with van der Waals surface area (Å²) in [4.78, 5) is 27.5. The molecule has 1 saturated heterocycles. The lowest BCUT2D eigenvalue weighted by Gasteiger charge is -2.43. The SMILES string of the molecule is O=C(NC1(c2ccccc2)CCC1)[C@@H]1CCN(c2ccccc2Br)C1=O. The lowest BCUT2D eigenvalue weighted by molar-refractivity contribution is -0.134. The van der Waals surface area contributed by atoms with Crippen molar-refractivity contribution in [3.05, 3.63) is 64.6 Å². The number of hydrogen-bond acceptors (Lipinski definition) is 2. The monoisotopic (exact) mass is 412 g/mol. The normalized spacial score (nSPS) is 21.3. The molecule has 5 heteroatoms. The second-order valence-corrected chi connectivity index (χ2v) is 7.93. The molecule has 1 aliphatic carbocycles. The molecular weight excluding hydrogens is 392 g/mol. The quantitative estimate of drug-likeness (QED) is 0.771. The molecule has 2 aromatic rings. The predicted molar refractivity (Wildman–Crippen MR) is 105 cm³/mol. The number of hydrogen-bond donors (Lipinski definition) is 1. The Hall–Kier alpha value is -2.14. The Bertz CT molecular complexity index is 833. The fourth-order valence-corrected chi connectivity index (χ4v) is 4.43. The largest absolute Gasteiger partial charge is 0.346 e. The molecule has 4 rings (SSSR count). The van der Waals surface area contributed by atoms with Crippen LogP contribution in [0.1, 0.15) is 31.2 Å². The fourth-order valence-electron chi connectivity index (χ4n) is 3.93. The van der Waals surface area contributed by atoms with E-state index in [2.05, 4.69) is 33.4 Å². The van der Waals surface area contributed by atoms with Gasteiger partial charge in [0.15, 0.2) is 0 Å². The van der Waals surface area contributed by atoms with Gasteiger partial charge in [-0.05, 0) is 59.3 Å². The summed E-state index contributed by atoms with van der Waals surface area (Å²) in [7, 11) is 0. The van der Waals surface area contributed by atoms with Crippen molar-refractivity contribution in [3.63, 3.8) is 0 Å². The van der Waals surface area contributed by atoms with Crippen molar-refractivity contribution in [2.75, 3.05) is 11.4 Å². The molecule has 1 heterocycles. The van der Waals surface area contributed by atoms with Crippen molar-refractivity contribution in [1.82, 2.24) is 5.32 Å². The molecule has 26 heavy (non-hydrogen) atoms. The van der Waals surface area contributed by atoms with Gasteiger partial charge in [-0.1, -0.05) is 42.5 Å². The summed E-state index contributed by atoms with van der Waals surface area (Å²) in [5.41, 5.74) is 1.65. The average molecular weight is 413 g/mol. The lowest BCUT2D eigenvalue weighted by Crippen LogP contribution is -2.53. The Morgan fingerprint density at radius 2 is 1.77 bits per heavy atom. The molecule has 1 N–H and O–H groups in total. The summed E-state index contributed by atoms with van der Waals surface area (Å²) < 4.78 is 0.870. The number of para-hydroxylation sites is 1. The van der Waals surface area contributed by atoms with Crippen LogP contribution in [0.3, 0.4) is 0 Å². The van der Waals surface area contributed by atoms with Crippen LogP contribution in [0, 0.1) is 5.92 Å². The first kappa shape index (κ1) is 17.3. The number of benzene rings is 2. The number of rotatable bonds is 4. The van der Waals surface area contributed by atoms with Crippen molar-refractivity contribution >= 4 is 33.4 Å². The first-order valence-electron chi connectivity index (χ1n) is 9.04. The maximum Gasteiger partial charge on any atom is 0.239 e. The van der Waals surface area contributed by atoms with Crippen LogP contribution in [0.4, 0.5) is 5.69 Å². The smallest absolute Gasteiger partial charge is 0.239 e. The van der Waals surface area contributed by atoms with E-state index in [4.69, 9.17) is 0 Å². The summed E-state index contributed by atoms with van der Waals surface area (Å²) >= 11 is 3.50. The molecule has 0 aromatic heterocycles. The molecule has 0 unspecified atom stereocenters. The Morgan fingerprint density at radius 1 is 1.08 bits per heavy atom. The lowest BCUT2D eigenvalue weighted by atomic mass is 9.71. The van der Waals surface area contributed by atoms with Crippen LogP contribution in [0.15, 0.2) is 59.1 Å². The maximum atomic E-state index is 12.9. The standard InChI is InChI=1S/C21H21BrN2O2/c22-17-9-4-5-10-18(17)24-14-11-16(20(24)26)19(25)23-21(12-6-13-21)15-7-2-1-3-8-15/h1-5,7-10,16H,6,11-14H2,(H,23,25)/t16-/m0/s1. The number of carbonyl (C=O) groups is 2. The summed E-state index contributed by atoms with van der Waals surface area (Å²) in [6, 6.07) is 17.7. The van der Waals surface area contributed by atoms with Crippen LogP contribution in [0.2, 0.25) is 0 Å². The van der Waals surface area contributed by atoms with Crippen LogP contribution in [-0.4, -0.2) is 18.4 Å². The van der Waals surface area contributed by atoms with E-state index >= 15 is 0 Å². The minimum absolute atomic E-state index is 0.114. The van der Waals surface area contributed by atoms with Crippen LogP contribution >= 0.6 is 15.9 Å². The van der Waals surface area contributed by atoms with Crippen LogP contribution in [-0.2, 0) is 15.1 Å². The molecule has 0 bridgehead atoms. The van der Waals surface area contributed by atoms with E-state index in [9.17, 15) is 9.59 Å². The Balaban J connectivity index is 1.51. The highest BCUT2D eigenvalue weighted by molar-refractivity contribution is 9.10. The molecule has 0 radical (unpaired) electrons. The predicted octanol–water partition coefficient (Wildman–Crippen LogP) is 4.00. The van der Waals surface area contributed by atoms with Crippen molar-refractivity contribution < 1.29 is 9.59 Å². The Labute approximate surface area is 161 Å². The van der Waals surface area contributed by atoms with Gasteiger partial charge in [0, 0.05) is 11.0 Å². The van der Waals surface area contributed by atoms with Gasteiger partial charge in [0.1, 0.15) is 5.92 Å². The van der Waals surface area contributed by atoms with Crippen molar-refractivity contribution in [1.29, 1.82) is 0 Å². The van der Waals surface area contributed by atoms with E-state index in [1.807, 2.05) is 42.5 Å². The molecule has 2 aliphatic rings.